The Morgan fingerprint density at radius 2 is 1.81 bits per heavy atom. The third-order valence-electron chi connectivity index (χ3n) is 5.14. The fourth-order valence-corrected chi connectivity index (χ4v) is 3.42. The number of benzene rings is 1. The van der Waals surface area contributed by atoms with Gasteiger partial charge in [0.1, 0.15) is 11.5 Å². The number of furan rings is 1. The highest BCUT2D eigenvalue weighted by molar-refractivity contribution is 5.78. The number of amides is 1. The zero-order chi connectivity index (χ0) is 23.2. The molecule has 0 spiro atoms. The molecule has 1 heterocycles. The lowest BCUT2D eigenvalue weighted by Crippen LogP contribution is -2.42. The molecule has 176 valence electrons. The van der Waals surface area contributed by atoms with E-state index in [-0.39, 0.29) is 18.4 Å². The van der Waals surface area contributed by atoms with E-state index in [9.17, 15) is 9.59 Å². The Hall–Kier alpha value is -2.64. The maximum atomic E-state index is 13.3. The van der Waals surface area contributed by atoms with Crippen molar-refractivity contribution in [3.8, 4) is 0 Å². The minimum atomic E-state index is -0.205. The van der Waals surface area contributed by atoms with Gasteiger partial charge in [-0.3, -0.25) is 14.5 Å². The van der Waals surface area contributed by atoms with Gasteiger partial charge >= 0.3 is 5.97 Å². The topological polar surface area (TPSA) is 72.2 Å². The van der Waals surface area contributed by atoms with Crippen LogP contribution >= 0.6 is 0 Å². The average molecular weight is 445 g/mol. The molecule has 0 unspecified atom stereocenters. The summed E-state index contributed by atoms with van der Waals surface area (Å²) in [7, 11) is 1.64. The highest BCUT2D eigenvalue weighted by atomic mass is 16.5. The molecule has 2 aromatic rings. The number of rotatable bonds is 15. The van der Waals surface area contributed by atoms with E-state index in [4.69, 9.17) is 13.9 Å². The van der Waals surface area contributed by atoms with Crippen LogP contribution in [0.4, 0.5) is 0 Å². The predicted molar refractivity (Wildman–Crippen MR) is 123 cm³/mol. The van der Waals surface area contributed by atoms with E-state index in [1.54, 1.807) is 14.0 Å². The van der Waals surface area contributed by atoms with Crippen LogP contribution in [0.3, 0.4) is 0 Å². The van der Waals surface area contributed by atoms with E-state index in [0.29, 0.717) is 52.2 Å². The van der Waals surface area contributed by atoms with Gasteiger partial charge in [-0.05, 0) is 50.9 Å². The molecular weight excluding hydrogens is 408 g/mol. The van der Waals surface area contributed by atoms with Gasteiger partial charge in [0.25, 0.3) is 0 Å². The van der Waals surface area contributed by atoms with Crippen LogP contribution in [0.1, 0.15) is 36.8 Å². The number of nitrogens with zero attached hydrogens (tertiary/aromatic N) is 2. The molecule has 1 amide bonds. The Morgan fingerprint density at radius 1 is 1.03 bits per heavy atom. The first-order chi connectivity index (χ1) is 15.5. The van der Waals surface area contributed by atoms with Gasteiger partial charge < -0.3 is 18.8 Å². The van der Waals surface area contributed by atoms with E-state index in [1.165, 1.54) is 5.56 Å². The number of aryl methyl sites for hydroxylation is 1. The van der Waals surface area contributed by atoms with Gasteiger partial charge in [-0.2, -0.15) is 0 Å². The standard InChI is InChI=1S/C25H36N2O5/c1-4-31-25(29)11-8-15-26(17-18-30-3)20-24(28)27(19-23-13-12-21(2)32-23)16-14-22-9-6-5-7-10-22/h5-7,9-10,12-13H,4,8,11,14-20H2,1-3H3. The summed E-state index contributed by atoms with van der Waals surface area (Å²) >= 11 is 0. The largest absolute Gasteiger partial charge is 0.466 e. The second-order valence-corrected chi connectivity index (χ2v) is 7.74. The molecule has 0 atom stereocenters. The van der Waals surface area contributed by atoms with Gasteiger partial charge in [0.2, 0.25) is 5.91 Å². The van der Waals surface area contributed by atoms with E-state index in [0.717, 1.165) is 17.9 Å². The van der Waals surface area contributed by atoms with Crippen LogP contribution in [0, 0.1) is 6.92 Å². The molecular formula is C25H36N2O5. The van der Waals surface area contributed by atoms with Crippen LogP contribution in [0.5, 0.6) is 0 Å². The lowest BCUT2D eigenvalue weighted by molar-refractivity contribution is -0.143. The van der Waals surface area contributed by atoms with Crippen LogP contribution in [0.2, 0.25) is 0 Å². The summed E-state index contributed by atoms with van der Waals surface area (Å²) in [5.41, 5.74) is 1.19. The number of ether oxygens (including phenoxy) is 2. The summed E-state index contributed by atoms with van der Waals surface area (Å²) in [5.74, 6) is 1.43. The summed E-state index contributed by atoms with van der Waals surface area (Å²) in [6, 6.07) is 14.0. The number of methoxy groups -OCH3 is 1. The van der Waals surface area contributed by atoms with E-state index in [1.807, 2.05) is 47.1 Å². The number of carbonyl (C=O) groups excluding carboxylic acids is 2. The van der Waals surface area contributed by atoms with E-state index in [2.05, 4.69) is 12.1 Å². The van der Waals surface area contributed by atoms with Crippen molar-refractivity contribution in [1.82, 2.24) is 9.80 Å². The Kier molecular flexibility index (Phi) is 11.6. The molecule has 0 radical (unpaired) electrons. The first-order valence-electron chi connectivity index (χ1n) is 11.3. The van der Waals surface area contributed by atoms with Crippen molar-refractivity contribution in [1.29, 1.82) is 0 Å². The van der Waals surface area contributed by atoms with Crippen molar-refractivity contribution in [3.05, 3.63) is 59.5 Å². The molecule has 0 aliphatic rings. The molecule has 0 saturated carbocycles. The minimum Gasteiger partial charge on any atom is -0.466 e. The smallest absolute Gasteiger partial charge is 0.305 e. The number of hydrogen-bond donors (Lipinski definition) is 0. The van der Waals surface area contributed by atoms with Gasteiger partial charge in [-0.1, -0.05) is 30.3 Å². The maximum Gasteiger partial charge on any atom is 0.305 e. The van der Waals surface area contributed by atoms with Crippen molar-refractivity contribution < 1.29 is 23.5 Å². The number of hydrogen-bond acceptors (Lipinski definition) is 6. The first kappa shape index (κ1) is 25.6. The maximum absolute atomic E-state index is 13.3. The summed E-state index contributed by atoms with van der Waals surface area (Å²) in [6.07, 6.45) is 1.75. The second-order valence-electron chi connectivity index (χ2n) is 7.74. The zero-order valence-corrected chi connectivity index (χ0v) is 19.5. The SMILES string of the molecule is CCOC(=O)CCCN(CCOC)CC(=O)N(CCc1ccccc1)Cc1ccc(C)o1. The zero-order valence-electron chi connectivity index (χ0n) is 19.5. The van der Waals surface area contributed by atoms with Crippen molar-refractivity contribution in [3.63, 3.8) is 0 Å². The quantitative estimate of drug-likeness (QED) is 0.392. The van der Waals surface area contributed by atoms with Gasteiger partial charge in [-0.25, -0.2) is 0 Å². The third kappa shape index (κ3) is 9.66. The average Bonchev–Trinajstić information content (AvgIpc) is 3.20. The molecule has 2 rings (SSSR count). The number of carbonyl (C=O) groups is 2. The van der Waals surface area contributed by atoms with Crippen LogP contribution in [0.25, 0.3) is 0 Å². The van der Waals surface area contributed by atoms with Crippen molar-refractivity contribution >= 4 is 11.9 Å². The molecule has 0 bridgehead atoms. The van der Waals surface area contributed by atoms with Crippen LogP contribution in [-0.4, -0.2) is 68.2 Å². The van der Waals surface area contributed by atoms with Crippen molar-refractivity contribution in [2.45, 2.75) is 39.7 Å². The molecule has 7 heteroatoms. The van der Waals surface area contributed by atoms with Crippen LogP contribution < -0.4 is 0 Å². The Bertz CT molecular complexity index is 806. The highest BCUT2D eigenvalue weighted by Gasteiger charge is 2.19. The molecule has 32 heavy (non-hydrogen) atoms. The third-order valence-corrected chi connectivity index (χ3v) is 5.14. The Balaban J connectivity index is 2.00. The molecule has 0 N–H and O–H groups in total. The molecule has 1 aromatic carbocycles. The van der Waals surface area contributed by atoms with Gasteiger partial charge in [0.05, 0.1) is 26.3 Å². The van der Waals surface area contributed by atoms with Gasteiger partial charge in [0, 0.05) is 26.6 Å². The molecule has 7 nitrogen and oxygen atoms in total. The Morgan fingerprint density at radius 3 is 2.47 bits per heavy atom. The van der Waals surface area contributed by atoms with E-state index < -0.39 is 0 Å². The molecule has 0 aliphatic heterocycles. The predicted octanol–water partition coefficient (Wildman–Crippen LogP) is 3.45. The van der Waals surface area contributed by atoms with Gasteiger partial charge in [-0.15, -0.1) is 0 Å². The molecule has 0 aliphatic carbocycles. The fourth-order valence-electron chi connectivity index (χ4n) is 3.42. The summed E-state index contributed by atoms with van der Waals surface area (Å²) in [5, 5.41) is 0. The Labute approximate surface area is 191 Å². The molecule has 0 fully saturated rings. The van der Waals surface area contributed by atoms with Crippen LogP contribution in [0.15, 0.2) is 46.9 Å². The summed E-state index contributed by atoms with van der Waals surface area (Å²) < 4.78 is 15.9. The normalized spacial score (nSPS) is 11.0. The summed E-state index contributed by atoms with van der Waals surface area (Å²) in [6.45, 7) is 7.14. The highest BCUT2D eigenvalue weighted by Crippen LogP contribution is 2.12. The van der Waals surface area contributed by atoms with Gasteiger partial charge in [0.15, 0.2) is 0 Å². The van der Waals surface area contributed by atoms with Crippen LogP contribution in [-0.2, 0) is 32.0 Å². The first-order valence-corrected chi connectivity index (χ1v) is 11.3. The lowest BCUT2D eigenvalue weighted by Gasteiger charge is -2.27. The van der Waals surface area contributed by atoms with Crippen molar-refractivity contribution in [2.24, 2.45) is 0 Å². The monoisotopic (exact) mass is 444 g/mol. The fraction of sp³-hybridized carbons (Fsp3) is 0.520. The number of esters is 1. The minimum absolute atomic E-state index is 0.0298. The second kappa shape index (κ2) is 14.4. The molecule has 0 saturated heterocycles. The summed E-state index contributed by atoms with van der Waals surface area (Å²) in [4.78, 5) is 28.8. The lowest BCUT2D eigenvalue weighted by atomic mass is 10.1. The molecule has 1 aromatic heterocycles. The van der Waals surface area contributed by atoms with Crippen molar-refractivity contribution in [2.75, 3.05) is 46.5 Å². The van der Waals surface area contributed by atoms with E-state index >= 15 is 0 Å².